The van der Waals surface area contributed by atoms with E-state index in [0.717, 1.165) is 18.3 Å². The molecule has 1 aliphatic rings. The molecule has 0 atom stereocenters. The maximum atomic E-state index is 5.63. The minimum absolute atomic E-state index is 0.615. The van der Waals surface area contributed by atoms with E-state index in [1.54, 1.807) is 0 Å². The van der Waals surface area contributed by atoms with E-state index in [-0.39, 0.29) is 0 Å². The van der Waals surface area contributed by atoms with Crippen molar-refractivity contribution in [3.63, 3.8) is 0 Å². The van der Waals surface area contributed by atoms with E-state index in [0.29, 0.717) is 5.82 Å². The van der Waals surface area contributed by atoms with Crippen LogP contribution in [0.5, 0.6) is 0 Å². The largest absolute Gasteiger partial charge is 0.384 e. The Bertz CT molecular complexity index is 307. The Morgan fingerprint density at radius 3 is 2.86 bits per heavy atom. The van der Waals surface area contributed by atoms with E-state index in [4.69, 9.17) is 5.73 Å². The van der Waals surface area contributed by atoms with Crippen LogP contribution >= 0.6 is 0 Å². The van der Waals surface area contributed by atoms with Gasteiger partial charge in [-0.1, -0.05) is 12.5 Å². The predicted molar refractivity (Wildman–Crippen MR) is 57.8 cm³/mol. The maximum absolute atomic E-state index is 5.63. The third kappa shape index (κ3) is 2.04. The molecule has 0 aromatic carbocycles. The van der Waals surface area contributed by atoms with Crippen molar-refractivity contribution in [1.82, 2.24) is 9.88 Å². The first-order valence-corrected chi connectivity index (χ1v) is 5.17. The molecular formula is C11H17N3. The Morgan fingerprint density at radius 2 is 2.29 bits per heavy atom. The lowest BCUT2D eigenvalue weighted by atomic mass is 9.92. The van der Waals surface area contributed by atoms with Gasteiger partial charge < -0.3 is 5.73 Å². The number of nitrogens with two attached hydrogens (primary N) is 1. The molecule has 0 saturated heterocycles. The molecule has 0 amide bonds. The van der Waals surface area contributed by atoms with Crippen LogP contribution in [0.2, 0.25) is 0 Å². The zero-order chi connectivity index (χ0) is 9.97. The van der Waals surface area contributed by atoms with Crippen molar-refractivity contribution in [1.29, 1.82) is 0 Å². The quantitative estimate of drug-likeness (QED) is 0.790. The van der Waals surface area contributed by atoms with E-state index in [1.165, 1.54) is 19.3 Å². The highest BCUT2D eigenvalue weighted by molar-refractivity contribution is 5.28. The lowest BCUT2D eigenvalue weighted by molar-refractivity contribution is 0.151. The number of pyridine rings is 1. The van der Waals surface area contributed by atoms with Gasteiger partial charge in [0.25, 0.3) is 0 Å². The van der Waals surface area contributed by atoms with Crippen LogP contribution in [0.4, 0.5) is 5.82 Å². The van der Waals surface area contributed by atoms with E-state index >= 15 is 0 Å². The van der Waals surface area contributed by atoms with Crippen LogP contribution in [-0.4, -0.2) is 23.0 Å². The van der Waals surface area contributed by atoms with Crippen molar-refractivity contribution in [2.24, 2.45) is 0 Å². The van der Waals surface area contributed by atoms with Gasteiger partial charge in [-0.3, -0.25) is 4.90 Å². The lowest BCUT2D eigenvalue weighted by Gasteiger charge is -2.34. The van der Waals surface area contributed by atoms with Crippen LogP contribution in [0.3, 0.4) is 0 Å². The summed E-state index contributed by atoms with van der Waals surface area (Å²) < 4.78 is 0. The third-order valence-corrected chi connectivity index (χ3v) is 2.94. The third-order valence-electron chi connectivity index (χ3n) is 2.94. The Morgan fingerprint density at radius 1 is 1.50 bits per heavy atom. The summed E-state index contributed by atoms with van der Waals surface area (Å²) in [7, 11) is 2.16. The van der Waals surface area contributed by atoms with Gasteiger partial charge in [-0.2, -0.15) is 0 Å². The normalized spacial score (nSPS) is 17.0. The number of rotatable bonds is 3. The molecule has 14 heavy (non-hydrogen) atoms. The first-order chi connectivity index (χ1) is 6.75. The van der Waals surface area contributed by atoms with E-state index in [2.05, 4.69) is 16.9 Å². The molecule has 0 radical (unpaired) electrons. The first-order valence-electron chi connectivity index (χ1n) is 5.17. The topological polar surface area (TPSA) is 42.1 Å². The fourth-order valence-corrected chi connectivity index (χ4v) is 1.80. The fourth-order valence-electron chi connectivity index (χ4n) is 1.80. The molecule has 1 heterocycles. The Kier molecular flexibility index (Phi) is 2.68. The standard InChI is InChI=1S/C11H17N3/c1-14(10-5-3-6-10)8-9-4-2-7-11(12)13-9/h2,4,7,10H,3,5-6,8H2,1H3,(H2,12,13). The van der Waals surface area contributed by atoms with Gasteiger partial charge in [0.2, 0.25) is 0 Å². The van der Waals surface area contributed by atoms with Gasteiger partial charge >= 0.3 is 0 Å². The highest BCUT2D eigenvalue weighted by Crippen LogP contribution is 2.24. The highest BCUT2D eigenvalue weighted by Gasteiger charge is 2.21. The highest BCUT2D eigenvalue weighted by atomic mass is 15.1. The molecule has 2 rings (SSSR count). The molecule has 1 aliphatic carbocycles. The average Bonchev–Trinajstić information content (AvgIpc) is 1.99. The summed E-state index contributed by atoms with van der Waals surface area (Å²) in [6.07, 6.45) is 4.04. The maximum Gasteiger partial charge on any atom is 0.123 e. The van der Waals surface area contributed by atoms with Crippen molar-refractivity contribution >= 4 is 5.82 Å². The van der Waals surface area contributed by atoms with Gasteiger partial charge in [0.05, 0.1) is 5.69 Å². The van der Waals surface area contributed by atoms with Crippen LogP contribution in [0.1, 0.15) is 25.0 Å². The van der Waals surface area contributed by atoms with E-state index < -0.39 is 0 Å². The minimum atomic E-state index is 0.615. The van der Waals surface area contributed by atoms with Crippen molar-refractivity contribution in [3.05, 3.63) is 23.9 Å². The minimum Gasteiger partial charge on any atom is -0.384 e. The number of nitrogens with zero attached hydrogens (tertiary/aromatic N) is 2. The predicted octanol–water partition coefficient (Wildman–Crippen LogP) is 1.65. The van der Waals surface area contributed by atoms with Crippen LogP contribution < -0.4 is 5.73 Å². The number of hydrogen-bond donors (Lipinski definition) is 1. The average molecular weight is 191 g/mol. The Hall–Kier alpha value is -1.09. The Balaban J connectivity index is 1.95. The summed E-state index contributed by atoms with van der Waals surface area (Å²) in [5.41, 5.74) is 6.70. The van der Waals surface area contributed by atoms with Gasteiger partial charge in [-0.05, 0) is 32.0 Å². The zero-order valence-corrected chi connectivity index (χ0v) is 8.61. The lowest BCUT2D eigenvalue weighted by Crippen LogP contribution is -2.36. The van der Waals surface area contributed by atoms with Crippen molar-refractivity contribution in [2.45, 2.75) is 31.8 Å². The number of hydrogen-bond acceptors (Lipinski definition) is 3. The Labute approximate surface area is 84.9 Å². The number of nitrogen functional groups attached to an aromatic ring is 1. The monoisotopic (exact) mass is 191 g/mol. The molecule has 3 heteroatoms. The van der Waals surface area contributed by atoms with E-state index in [1.807, 2.05) is 18.2 Å². The second-order valence-corrected chi connectivity index (χ2v) is 4.05. The molecule has 2 N–H and O–H groups in total. The first kappa shape index (κ1) is 9.46. The summed E-state index contributed by atoms with van der Waals surface area (Å²) in [5.74, 6) is 0.615. The summed E-state index contributed by atoms with van der Waals surface area (Å²) in [5, 5.41) is 0. The van der Waals surface area contributed by atoms with Crippen molar-refractivity contribution in [3.8, 4) is 0 Å². The number of anilines is 1. The molecule has 0 bridgehead atoms. The number of aromatic nitrogens is 1. The summed E-state index contributed by atoms with van der Waals surface area (Å²) in [6, 6.07) is 6.59. The van der Waals surface area contributed by atoms with E-state index in [9.17, 15) is 0 Å². The molecule has 1 aromatic rings. The summed E-state index contributed by atoms with van der Waals surface area (Å²) >= 11 is 0. The van der Waals surface area contributed by atoms with Gasteiger partial charge in [-0.25, -0.2) is 4.98 Å². The molecule has 1 aromatic heterocycles. The molecule has 0 unspecified atom stereocenters. The van der Waals surface area contributed by atoms with Gasteiger partial charge in [0.15, 0.2) is 0 Å². The van der Waals surface area contributed by atoms with Crippen LogP contribution in [0, 0.1) is 0 Å². The summed E-state index contributed by atoms with van der Waals surface area (Å²) in [6.45, 7) is 0.912. The fraction of sp³-hybridized carbons (Fsp3) is 0.545. The van der Waals surface area contributed by atoms with Crippen molar-refractivity contribution < 1.29 is 0 Å². The molecule has 1 saturated carbocycles. The zero-order valence-electron chi connectivity index (χ0n) is 8.61. The summed E-state index contributed by atoms with van der Waals surface area (Å²) in [4.78, 5) is 6.66. The van der Waals surface area contributed by atoms with Gasteiger partial charge in [-0.15, -0.1) is 0 Å². The molecule has 76 valence electrons. The van der Waals surface area contributed by atoms with Crippen LogP contribution in [0.15, 0.2) is 18.2 Å². The second-order valence-electron chi connectivity index (χ2n) is 4.05. The van der Waals surface area contributed by atoms with Gasteiger partial charge in [0, 0.05) is 12.6 Å². The molecule has 1 fully saturated rings. The molecule has 3 nitrogen and oxygen atoms in total. The van der Waals surface area contributed by atoms with Crippen LogP contribution in [0.25, 0.3) is 0 Å². The SMILES string of the molecule is CN(Cc1cccc(N)n1)C1CCC1. The smallest absolute Gasteiger partial charge is 0.123 e. The van der Waals surface area contributed by atoms with Gasteiger partial charge in [0.1, 0.15) is 5.82 Å². The van der Waals surface area contributed by atoms with Crippen LogP contribution in [-0.2, 0) is 6.54 Å². The second kappa shape index (κ2) is 3.96. The molecular weight excluding hydrogens is 174 g/mol. The van der Waals surface area contributed by atoms with Crippen molar-refractivity contribution in [2.75, 3.05) is 12.8 Å². The molecule has 0 spiro atoms. The molecule has 0 aliphatic heterocycles.